The van der Waals surface area contributed by atoms with Crippen LogP contribution in [-0.2, 0) is 19.1 Å². The van der Waals surface area contributed by atoms with Crippen LogP contribution in [0.25, 0.3) is 11.1 Å². The monoisotopic (exact) mass is 300 g/mol. The summed E-state index contributed by atoms with van der Waals surface area (Å²) >= 11 is 0. The third kappa shape index (κ3) is 2.60. The molecule has 0 radical (unpaired) electrons. The lowest BCUT2D eigenvalue weighted by molar-refractivity contribution is -0.137. The molecule has 1 aliphatic heterocycles. The van der Waals surface area contributed by atoms with Crippen LogP contribution >= 0.6 is 0 Å². The van der Waals surface area contributed by atoms with Crippen molar-refractivity contribution in [2.24, 2.45) is 4.99 Å². The van der Waals surface area contributed by atoms with Crippen LogP contribution in [0.1, 0.15) is 22.3 Å². The van der Waals surface area contributed by atoms with Crippen LogP contribution in [0.15, 0.2) is 41.4 Å². The maximum atomic E-state index is 13.1. The van der Waals surface area contributed by atoms with Gasteiger partial charge >= 0.3 is 6.18 Å². The molecule has 1 heterocycles. The number of nitriles is 1. The molecule has 2 aromatic carbocycles. The molecule has 0 bridgehead atoms. The summed E-state index contributed by atoms with van der Waals surface area (Å²) < 4.78 is 39.2. The number of aliphatic imine (C=N–C) groups is 1. The number of nitrogens with zero attached hydrogens (tertiary/aromatic N) is 2. The number of hydrogen-bond acceptors (Lipinski definition) is 2. The van der Waals surface area contributed by atoms with E-state index in [9.17, 15) is 13.2 Å². The first kappa shape index (κ1) is 14.3. The van der Waals surface area contributed by atoms with Crippen LogP contribution in [0.5, 0.6) is 0 Å². The number of hydrogen-bond donors (Lipinski definition) is 0. The van der Waals surface area contributed by atoms with Gasteiger partial charge < -0.3 is 0 Å². The van der Waals surface area contributed by atoms with E-state index < -0.39 is 11.7 Å². The van der Waals surface area contributed by atoms with E-state index in [2.05, 4.69) is 4.99 Å². The van der Waals surface area contributed by atoms with Crippen molar-refractivity contribution >= 4 is 6.21 Å². The van der Waals surface area contributed by atoms with Crippen LogP contribution in [-0.4, -0.2) is 6.21 Å². The topological polar surface area (TPSA) is 36.1 Å². The Morgan fingerprint density at radius 2 is 2.00 bits per heavy atom. The molecule has 0 atom stereocenters. The van der Waals surface area contributed by atoms with Gasteiger partial charge in [-0.2, -0.15) is 18.4 Å². The minimum atomic E-state index is -4.39. The van der Waals surface area contributed by atoms with E-state index >= 15 is 0 Å². The normalized spacial score (nSPS) is 13.0. The maximum absolute atomic E-state index is 13.1. The second-order valence-corrected chi connectivity index (χ2v) is 5.10. The summed E-state index contributed by atoms with van der Waals surface area (Å²) in [6.45, 7) is 0.268. The molecule has 110 valence electrons. The van der Waals surface area contributed by atoms with Crippen molar-refractivity contribution in [1.82, 2.24) is 0 Å². The highest BCUT2D eigenvalue weighted by Gasteiger charge is 2.32. The third-order valence-electron chi connectivity index (χ3n) is 3.60. The van der Waals surface area contributed by atoms with E-state index in [-0.39, 0.29) is 13.0 Å². The van der Waals surface area contributed by atoms with Gasteiger partial charge in [0.25, 0.3) is 0 Å². The third-order valence-corrected chi connectivity index (χ3v) is 3.60. The van der Waals surface area contributed by atoms with Gasteiger partial charge in [-0.1, -0.05) is 24.3 Å². The maximum Gasteiger partial charge on any atom is 0.416 e. The van der Waals surface area contributed by atoms with Crippen molar-refractivity contribution in [2.75, 3.05) is 0 Å². The van der Waals surface area contributed by atoms with Crippen molar-refractivity contribution in [2.45, 2.75) is 19.1 Å². The van der Waals surface area contributed by atoms with Gasteiger partial charge in [0, 0.05) is 11.8 Å². The van der Waals surface area contributed by atoms with Gasteiger partial charge in [-0.15, -0.1) is 0 Å². The summed E-state index contributed by atoms with van der Waals surface area (Å²) in [5, 5.41) is 8.77. The summed E-state index contributed by atoms with van der Waals surface area (Å²) in [7, 11) is 0. The Morgan fingerprint density at radius 1 is 1.18 bits per heavy atom. The lowest BCUT2D eigenvalue weighted by atomic mass is 9.93. The zero-order valence-corrected chi connectivity index (χ0v) is 11.5. The van der Waals surface area contributed by atoms with E-state index in [4.69, 9.17) is 5.26 Å². The molecule has 0 aliphatic carbocycles. The molecular formula is C17H11F3N2. The fourth-order valence-electron chi connectivity index (χ4n) is 2.57. The Kier molecular flexibility index (Phi) is 3.45. The van der Waals surface area contributed by atoms with Gasteiger partial charge in [-0.25, -0.2) is 0 Å². The molecule has 22 heavy (non-hydrogen) atoms. The number of alkyl halides is 3. The molecule has 0 N–H and O–H groups in total. The highest BCUT2D eigenvalue weighted by molar-refractivity contribution is 5.94. The minimum Gasteiger partial charge on any atom is -0.288 e. The minimum absolute atomic E-state index is 0.225. The van der Waals surface area contributed by atoms with E-state index in [0.717, 1.165) is 23.3 Å². The predicted octanol–water partition coefficient (Wildman–Crippen LogP) is 4.37. The van der Waals surface area contributed by atoms with Crippen LogP contribution in [0.4, 0.5) is 13.2 Å². The molecule has 0 aromatic heterocycles. The second-order valence-electron chi connectivity index (χ2n) is 5.10. The average Bonchev–Trinajstić information content (AvgIpc) is 2.94. The Labute approximate surface area is 125 Å². The van der Waals surface area contributed by atoms with Crippen LogP contribution in [0.3, 0.4) is 0 Å². The number of fused-ring (bicyclic) bond motifs is 1. The van der Waals surface area contributed by atoms with Gasteiger partial charge in [0.15, 0.2) is 0 Å². The lowest BCUT2D eigenvalue weighted by Crippen LogP contribution is -2.07. The Hall–Kier alpha value is -2.61. The molecule has 0 saturated heterocycles. The van der Waals surface area contributed by atoms with Gasteiger partial charge in [0.05, 0.1) is 24.6 Å². The molecule has 0 saturated carbocycles. The molecule has 0 fully saturated rings. The largest absolute Gasteiger partial charge is 0.416 e. The smallest absolute Gasteiger partial charge is 0.288 e. The molecule has 0 amide bonds. The predicted molar refractivity (Wildman–Crippen MR) is 77.5 cm³/mol. The summed E-state index contributed by atoms with van der Waals surface area (Å²) in [5.74, 6) is 0. The molecule has 0 spiro atoms. The number of benzene rings is 2. The summed E-state index contributed by atoms with van der Waals surface area (Å²) in [4.78, 5) is 4.07. The Bertz CT molecular complexity index is 799. The van der Waals surface area contributed by atoms with Gasteiger partial charge in [-0.3, -0.25) is 4.99 Å². The van der Waals surface area contributed by atoms with Crippen molar-refractivity contribution in [3.63, 3.8) is 0 Å². The average molecular weight is 300 g/mol. The highest BCUT2D eigenvalue weighted by Crippen LogP contribution is 2.37. The fourth-order valence-corrected chi connectivity index (χ4v) is 2.57. The Balaban J connectivity index is 2.18. The van der Waals surface area contributed by atoms with E-state index in [1.165, 1.54) is 0 Å². The quantitative estimate of drug-likeness (QED) is 0.811. The zero-order valence-electron chi connectivity index (χ0n) is 11.5. The van der Waals surface area contributed by atoms with Crippen LogP contribution in [0, 0.1) is 11.3 Å². The fraction of sp³-hybridized carbons (Fsp3) is 0.176. The highest BCUT2D eigenvalue weighted by atomic mass is 19.4. The van der Waals surface area contributed by atoms with Crippen molar-refractivity contribution in [3.05, 3.63) is 58.7 Å². The molecular weight excluding hydrogens is 289 g/mol. The standard InChI is InChI=1S/C17H11F3N2/c18-17(19,20)14-7-13-9-22-10-16(13)15(8-14)12-3-1-2-11(6-12)4-5-21/h1-3,6-8,10H,4,9H2. The molecule has 3 rings (SSSR count). The molecule has 0 unspecified atom stereocenters. The zero-order chi connectivity index (χ0) is 15.7. The van der Waals surface area contributed by atoms with Crippen molar-refractivity contribution < 1.29 is 13.2 Å². The first-order chi connectivity index (χ1) is 10.5. The second kappa shape index (κ2) is 5.30. The lowest BCUT2D eigenvalue weighted by Gasteiger charge is -2.14. The molecule has 1 aliphatic rings. The van der Waals surface area contributed by atoms with Gasteiger partial charge in [-0.05, 0) is 34.4 Å². The first-order valence-electron chi connectivity index (χ1n) is 6.69. The first-order valence-corrected chi connectivity index (χ1v) is 6.69. The SMILES string of the molecule is N#CCc1cccc(-c2cc(C(F)(F)F)cc3c2C=NC3)c1. The molecule has 5 heteroatoms. The van der Waals surface area contributed by atoms with Gasteiger partial charge in [0.2, 0.25) is 0 Å². The van der Waals surface area contributed by atoms with E-state index in [1.54, 1.807) is 30.5 Å². The number of halogens is 3. The van der Waals surface area contributed by atoms with Crippen molar-refractivity contribution in [1.29, 1.82) is 5.26 Å². The molecule has 2 aromatic rings. The van der Waals surface area contributed by atoms with Gasteiger partial charge in [0.1, 0.15) is 0 Å². The van der Waals surface area contributed by atoms with Crippen molar-refractivity contribution in [3.8, 4) is 17.2 Å². The molecule has 2 nitrogen and oxygen atoms in total. The summed E-state index contributed by atoms with van der Waals surface area (Å²) in [6.07, 6.45) is -2.55. The van der Waals surface area contributed by atoms with E-state index in [1.807, 2.05) is 6.07 Å². The summed E-state index contributed by atoms with van der Waals surface area (Å²) in [5.41, 5.74) is 2.59. The number of rotatable bonds is 2. The van der Waals surface area contributed by atoms with Crippen LogP contribution in [0.2, 0.25) is 0 Å². The summed E-state index contributed by atoms with van der Waals surface area (Å²) in [6, 6.07) is 11.4. The van der Waals surface area contributed by atoms with E-state index in [0.29, 0.717) is 16.7 Å². The Morgan fingerprint density at radius 3 is 2.73 bits per heavy atom. The van der Waals surface area contributed by atoms with Crippen LogP contribution < -0.4 is 0 Å².